The van der Waals surface area contributed by atoms with E-state index in [9.17, 15) is 4.79 Å². The lowest BCUT2D eigenvalue weighted by Crippen LogP contribution is -2.27. The Labute approximate surface area is 92.3 Å². The number of aryl methyl sites for hydroxylation is 1. The Morgan fingerprint density at radius 1 is 1.53 bits per heavy atom. The van der Waals surface area contributed by atoms with Gasteiger partial charge >= 0.3 is 0 Å². The molecule has 82 valence electrons. The quantitative estimate of drug-likeness (QED) is 0.546. The number of rotatable bonds is 5. The van der Waals surface area contributed by atoms with Gasteiger partial charge in [0.05, 0.1) is 12.4 Å². The monoisotopic (exact) mass is 227 g/mol. The molecule has 0 fully saturated rings. The van der Waals surface area contributed by atoms with E-state index in [1.807, 2.05) is 6.92 Å². The van der Waals surface area contributed by atoms with Crippen molar-refractivity contribution in [3.63, 3.8) is 0 Å². The summed E-state index contributed by atoms with van der Waals surface area (Å²) in [4.78, 5) is 19.2. The summed E-state index contributed by atoms with van der Waals surface area (Å²) >= 11 is 1.27. The number of carbonyl (C=O) groups excluding carboxylic acids is 1. The van der Waals surface area contributed by atoms with Crippen LogP contribution >= 0.6 is 11.8 Å². The van der Waals surface area contributed by atoms with Gasteiger partial charge in [-0.25, -0.2) is 9.97 Å². The number of hydrogen-bond donors (Lipinski definition) is 2. The molecule has 1 aromatic rings. The largest absolute Gasteiger partial charge is 0.395 e. The van der Waals surface area contributed by atoms with Crippen LogP contribution in [0.1, 0.15) is 5.56 Å². The van der Waals surface area contributed by atoms with Crippen LogP contribution in [-0.2, 0) is 4.79 Å². The van der Waals surface area contributed by atoms with Crippen molar-refractivity contribution in [2.24, 2.45) is 0 Å². The molecular weight excluding hydrogens is 214 g/mol. The van der Waals surface area contributed by atoms with Crippen LogP contribution in [0.3, 0.4) is 0 Å². The van der Waals surface area contributed by atoms with Crippen molar-refractivity contribution < 1.29 is 9.90 Å². The van der Waals surface area contributed by atoms with E-state index in [0.29, 0.717) is 5.16 Å². The van der Waals surface area contributed by atoms with Crippen molar-refractivity contribution in [3.8, 4) is 0 Å². The average Bonchev–Trinajstić information content (AvgIpc) is 2.25. The fourth-order valence-corrected chi connectivity index (χ4v) is 1.45. The summed E-state index contributed by atoms with van der Waals surface area (Å²) in [5.74, 6) is 0.140. The van der Waals surface area contributed by atoms with Crippen molar-refractivity contribution in [1.82, 2.24) is 15.3 Å². The summed E-state index contributed by atoms with van der Waals surface area (Å²) in [6.07, 6.45) is 3.42. The third-order valence-corrected chi connectivity index (χ3v) is 2.40. The zero-order valence-electron chi connectivity index (χ0n) is 8.43. The minimum atomic E-state index is -0.127. The Kier molecular flexibility index (Phi) is 5.06. The van der Waals surface area contributed by atoms with E-state index < -0.39 is 0 Å². The molecule has 15 heavy (non-hydrogen) atoms. The maximum atomic E-state index is 11.1. The summed E-state index contributed by atoms with van der Waals surface area (Å²) in [5.41, 5.74) is 0.990. The van der Waals surface area contributed by atoms with Gasteiger partial charge in [-0.2, -0.15) is 0 Å². The summed E-state index contributed by atoms with van der Waals surface area (Å²) in [7, 11) is 0. The maximum Gasteiger partial charge on any atom is 0.230 e. The van der Waals surface area contributed by atoms with Gasteiger partial charge in [-0.1, -0.05) is 11.8 Å². The second kappa shape index (κ2) is 6.36. The van der Waals surface area contributed by atoms with Gasteiger partial charge < -0.3 is 10.4 Å². The van der Waals surface area contributed by atoms with Crippen LogP contribution < -0.4 is 5.32 Å². The van der Waals surface area contributed by atoms with E-state index >= 15 is 0 Å². The van der Waals surface area contributed by atoms with E-state index in [1.54, 1.807) is 12.4 Å². The minimum Gasteiger partial charge on any atom is -0.395 e. The number of aromatic nitrogens is 2. The molecule has 0 aromatic carbocycles. The van der Waals surface area contributed by atoms with Crippen LogP contribution in [0.4, 0.5) is 0 Å². The second-order valence-electron chi connectivity index (χ2n) is 2.91. The molecular formula is C9H13N3O2S. The molecule has 0 spiro atoms. The molecule has 0 unspecified atom stereocenters. The number of thioether (sulfide) groups is 1. The van der Waals surface area contributed by atoms with Crippen molar-refractivity contribution in [3.05, 3.63) is 18.0 Å². The fraction of sp³-hybridized carbons (Fsp3) is 0.444. The third kappa shape index (κ3) is 4.75. The normalized spacial score (nSPS) is 10.0. The summed E-state index contributed by atoms with van der Waals surface area (Å²) < 4.78 is 0. The molecule has 1 rings (SSSR count). The Hall–Kier alpha value is -1.14. The number of hydrogen-bond acceptors (Lipinski definition) is 5. The highest BCUT2D eigenvalue weighted by atomic mass is 32.2. The van der Waals surface area contributed by atoms with Gasteiger partial charge in [-0.3, -0.25) is 4.79 Å². The molecule has 0 atom stereocenters. The first kappa shape index (κ1) is 11.9. The highest BCUT2D eigenvalue weighted by molar-refractivity contribution is 7.99. The summed E-state index contributed by atoms with van der Waals surface area (Å²) in [6, 6.07) is 0. The fourth-order valence-electron chi connectivity index (χ4n) is 0.832. The van der Waals surface area contributed by atoms with E-state index in [2.05, 4.69) is 15.3 Å². The predicted octanol–water partition coefficient (Wildman–Crippen LogP) is -0.0144. The minimum absolute atomic E-state index is 0.0442. The van der Waals surface area contributed by atoms with Gasteiger partial charge in [0.1, 0.15) is 0 Å². The topological polar surface area (TPSA) is 75.1 Å². The van der Waals surface area contributed by atoms with E-state index in [1.165, 1.54) is 11.8 Å². The van der Waals surface area contributed by atoms with Gasteiger partial charge in [-0.15, -0.1) is 0 Å². The number of aliphatic hydroxyl groups is 1. The van der Waals surface area contributed by atoms with Crippen LogP contribution in [0.2, 0.25) is 0 Å². The second-order valence-corrected chi connectivity index (χ2v) is 3.85. The number of nitrogens with one attached hydrogen (secondary N) is 1. The number of aliphatic hydroxyl groups excluding tert-OH is 1. The van der Waals surface area contributed by atoms with Crippen molar-refractivity contribution >= 4 is 17.7 Å². The zero-order valence-corrected chi connectivity index (χ0v) is 9.25. The standard InChI is InChI=1S/C9H13N3O2S/c1-7-4-11-9(12-5-7)15-6-8(14)10-2-3-13/h4-5,13H,2-3,6H2,1H3,(H,10,14). The Morgan fingerprint density at radius 3 is 2.80 bits per heavy atom. The van der Waals surface area contributed by atoms with Crippen LogP contribution in [0.15, 0.2) is 17.6 Å². The van der Waals surface area contributed by atoms with Crippen molar-refractivity contribution in [2.45, 2.75) is 12.1 Å². The molecule has 0 saturated carbocycles. The molecule has 2 N–H and O–H groups in total. The zero-order chi connectivity index (χ0) is 11.1. The molecule has 1 aromatic heterocycles. The lowest BCUT2D eigenvalue weighted by molar-refractivity contribution is -0.118. The molecule has 0 radical (unpaired) electrons. The number of amides is 1. The lowest BCUT2D eigenvalue weighted by atomic mass is 10.4. The maximum absolute atomic E-state index is 11.1. The Morgan fingerprint density at radius 2 is 2.20 bits per heavy atom. The molecule has 1 heterocycles. The summed E-state index contributed by atoms with van der Waals surface area (Å²) in [6.45, 7) is 2.15. The molecule has 0 aliphatic rings. The van der Waals surface area contributed by atoms with Crippen molar-refractivity contribution in [2.75, 3.05) is 18.9 Å². The van der Waals surface area contributed by atoms with E-state index in [0.717, 1.165) is 5.56 Å². The van der Waals surface area contributed by atoms with E-state index in [-0.39, 0.29) is 24.8 Å². The molecule has 1 amide bonds. The van der Waals surface area contributed by atoms with Gasteiger partial charge in [0.15, 0.2) is 5.16 Å². The molecule has 5 nitrogen and oxygen atoms in total. The first-order chi connectivity index (χ1) is 7.22. The van der Waals surface area contributed by atoms with Gasteiger partial charge in [0, 0.05) is 18.9 Å². The van der Waals surface area contributed by atoms with Gasteiger partial charge in [-0.05, 0) is 12.5 Å². The van der Waals surface area contributed by atoms with Crippen LogP contribution in [-0.4, -0.2) is 39.9 Å². The number of carbonyl (C=O) groups is 1. The Bertz CT molecular complexity index is 316. The first-order valence-corrected chi connectivity index (χ1v) is 5.50. The third-order valence-electron chi connectivity index (χ3n) is 1.52. The molecule has 0 aliphatic heterocycles. The van der Waals surface area contributed by atoms with Gasteiger partial charge in [0.25, 0.3) is 0 Å². The first-order valence-electron chi connectivity index (χ1n) is 4.51. The summed E-state index contributed by atoms with van der Waals surface area (Å²) in [5, 5.41) is 11.6. The average molecular weight is 227 g/mol. The Balaban J connectivity index is 2.30. The van der Waals surface area contributed by atoms with E-state index in [4.69, 9.17) is 5.11 Å². The molecule has 0 saturated heterocycles. The van der Waals surface area contributed by atoms with Crippen molar-refractivity contribution in [1.29, 1.82) is 0 Å². The highest BCUT2D eigenvalue weighted by Gasteiger charge is 2.03. The molecule has 0 bridgehead atoms. The van der Waals surface area contributed by atoms with Crippen LogP contribution in [0, 0.1) is 6.92 Å². The molecule has 6 heteroatoms. The lowest BCUT2D eigenvalue weighted by Gasteiger charge is -2.01. The predicted molar refractivity (Wildman–Crippen MR) is 57.6 cm³/mol. The van der Waals surface area contributed by atoms with Crippen LogP contribution in [0.25, 0.3) is 0 Å². The molecule has 0 aliphatic carbocycles. The van der Waals surface area contributed by atoms with Crippen LogP contribution in [0.5, 0.6) is 0 Å². The SMILES string of the molecule is Cc1cnc(SCC(=O)NCCO)nc1. The van der Waals surface area contributed by atoms with Gasteiger partial charge in [0.2, 0.25) is 5.91 Å². The smallest absolute Gasteiger partial charge is 0.230 e. The highest BCUT2D eigenvalue weighted by Crippen LogP contribution is 2.10. The number of nitrogens with zero attached hydrogens (tertiary/aromatic N) is 2.